The third-order valence-corrected chi connectivity index (χ3v) is 2.90. The molecule has 0 amide bonds. The summed E-state index contributed by atoms with van der Waals surface area (Å²) in [6.07, 6.45) is 0.991. The molecular weight excluding hydrogens is 240 g/mol. The van der Waals surface area contributed by atoms with Crippen molar-refractivity contribution in [2.75, 3.05) is 13.7 Å². The highest BCUT2D eigenvalue weighted by molar-refractivity contribution is 5.87. The van der Waals surface area contributed by atoms with Crippen molar-refractivity contribution in [2.24, 2.45) is 0 Å². The molecule has 0 spiro atoms. The van der Waals surface area contributed by atoms with E-state index < -0.39 is 0 Å². The minimum atomic E-state index is -0.337. The van der Waals surface area contributed by atoms with E-state index in [1.807, 2.05) is 24.3 Å². The molecule has 0 fully saturated rings. The van der Waals surface area contributed by atoms with Crippen LogP contribution in [0, 0.1) is 0 Å². The highest BCUT2D eigenvalue weighted by Gasteiger charge is 2.07. The van der Waals surface area contributed by atoms with Gasteiger partial charge >= 0.3 is 5.97 Å². The Hall–Kier alpha value is -2.07. The largest absolute Gasteiger partial charge is 0.464 e. The average Bonchev–Trinajstić information content (AvgIpc) is 2.93. The second-order valence-corrected chi connectivity index (χ2v) is 4.30. The van der Waals surface area contributed by atoms with Gasteiger partial charge in [-0.15, -0.1) is 0 Å². The van der Waals surface area contributed by atoms with Crippen LogP contribution in [0.15, 0.2) is 42.5 Å². The van der Waals surface area contributed by atoms with Crippen LogP contribution in [0.2, 0.25) is 0 Å². The van der Waals surface area contributed by atoms with Crippen molar-refractivity contribution in [1.29, 1.82) is 0 Å². The fraction of sp³-hybridized carbons (Fsp3) is 0.267. The molecule has 0 radical (unpaired) electrons. The van der Waals surface area contributed by atoms with E-state index in [0.717, 1.165) is 18.7 Å². The summed E-state index contributed by atoms with van der Waals surface area (Å²) in [6.45, 7) is 1.61. The smallest absolute Gasteiger partial charge is 0.354 e. The molecule has 0 bridgehead atoms. The van der Waals surface area contributed by atoms with Gasteiger partial charge in [0.15, 0.2) is 0 Å². The number of aromatic nitrogens is 1. The highest BCUT2D eigenvalue weighted by Crippen LogP contribution is 2.03. The van der Waals surface area contributed by atoms with Gasteiger partial charge in [-0.1, -0.05) is 30.3 Å². The van der Waals surface area contributed by atoms with Crippen LogP contribution in [-0.2, 0) is 17.7 Å². The normalized spacial score (nSPS) is 10.4. The monoisotopic (exact) mass is 258 g/mol. The maximum Gasteiger partial charge on any atom is 0.354 e. The molecule has 100 valence electrons. The minimum absolute atomic E-state index is 0.337. The lowest BCUT2D eigenvalue weighted by atomic mass is 10.1. The zero-order valence-corrected chi connectivity index (χ0v) is 11.0. The fourth-order valence-electron chi connectivity index (χ4n) is 1.87. The maximum absolute atomic E-state index is 11.3. The molecule has 0 aliphatic rings. The topological polar surface area (TPSA) is 54.1 Å². The van der Waals surface area contributed by atoms with Crippen LogP contribution in [0.3, 0.4) is 0 Å². The number of rotatable bonds is 6. The van der Waals surface area contributed by atoms with Crippen molar-refractivity contribution in [3.8, 4) is 0 Å². The Labute approximate surface area is 112 Å². The SMILES string of the molecule is COC(=O)c1ccc(CNCCc2ccccc2)[nH]1. The zero-order valence-electron chi connectivity index (χ0n) is 11.0. The summed E-state index contributed by atoms with van der Waals surface area (Å²) in [6, 6.07) is 14.0. The third kappa shape index (κ3) is 3.96. The number of esters is 1. The summed E-state index contributed by atoms with van der Waals surface area (Å²) in [4.78, 5) is 14.3. The van der Waals surface area contributed by atoms with Crippen LogP contribution < -0.4 is 5.32 Å². The quantitative estimate of drug-likeness (QED) is 0.616. The second-order valence-electron chi connectivity index (χ2n) is 4.30. The number of H-pyrrole nitrogens is 1. The molecule has 2 N–H and O–H groups in total. The summed E-state index contributed by atoms with van der Waals surface area (Å²) in [5.74, 6) is -0.337. The Morgan fingerprint density at radius 1 is 1.21 bits per heavy atom. The Morgan fingerprint density at radius 2 is 2.00 bits per heavy atom. The molecule has 2 rings (SSSR count). The lowest BCUT2D eigenvalue weighted by Crippen LogP contribution is -2.17. The summed E-state index contributed by atoms with van der Waals surface area (Å²) < 4.78 is 4.64. The number of carbonyl (C=O) groups is 1. The Balaban J connectivity index is 1.74. The first kappa shape index (κ1) is 13.4. The van der Waals surface area contributed by atoms with Crippen LogP contribution in [0.5, 0.6) is 0 Å². The van der Waals surface area contributed by atoms with Gasteiger partial charge in [0.25, 0.3) is 0 Å². The van der Waals surface area contributed by atoms with E-state index in [1.54, 1.807) is 6.07 Å². The standard InChI is InChI=1S/C15H18N2O2/c1-19-15(18)14-8-7-13(17-14)11-16-10-9-12-5-3-2-4-6-12/h2-8,16-17H,9-11H2,1H3. The van der Waals surface area contributed by atoms with Crippen LogP contribution in [0.1, 0.15) is 21.7 Å². The van der Waals surface area contributed by atoms with Crippen LogP contribution in [-0.4, -0.2) is 24.6 Å². The van der Waals surface area contributed by atoms with Gasteiger partial charge in [-0.25, -0.2) is 4.79 Å². The molecule has 0 unspecified atom stereocenters. The molecule has 19 heavy (non-hydrogen) atoms. The first-order valence-corrected chi connectivity index (χ1v) is 6.30. The molecule has 4 nitrogen and oxygen atoms in total. The molecule has 0 atom stereocenters. The number of carbonyl (C=O) groups excluding carboxylic acids is 1. The van der Waals surface area contributed by atoms with Crippen molar-refractivity contribution in [3.63, 3.8) is 0 Å². The minimum Gasteiger partial charge on any atom is -0.464 e. The van der Waals surface area contributed by atoms with Crippen LogP contribution >= 0.6 is 0 Å². The predicted molar refractivity (Wildman–Crippen MR) is 74.0 cm³/mol. The molecule has 0 aliphatic heterocycles. The summed E-state index contributed by atoms with van der Waals surface area (Å²) in [7, 11) is 1.38. The number of nitrogens with one attached hydrogen (secondary N) is 2. The van der Waals surface area contributed by atoms with Gasteiger partial charge in [-0.2, -0.15) is 0 Å². The van der Waals surface area contributed by atoms with Crippen molar-refractivity contribution in [2.45, 2.75) is 13.0 Å². The number of methoxy groups -OCH3 is 1. The van der Waals surface area contributed by atoms with Gasteiger partial charge in [-0.3, -0.25) is 0 Å². The van der Waals surface area contributed by atoms with E-state index in [1.165, 1.54) is 12.7 Å². The molecule has 0 aliphatic carbocycles. The first-order chi connectivity index (χ1) is 9.29. The second kappa shape index (κ2) is 6.75. The Bertz CT molecular complexity index is 520. The van der Waals surface area contributed by atoms with E-state index >= 15 is 0 Å². The van der Waals surface area contributed by atoms with Crippen molar-refractivity contribution >= 4 is 5.97 Å². The predicted octanol–water partition coefficient (Wildman–Crippen LogP) is 2.13. The number of benzene rings is 1. The lowest BCUT2D eigenvalue weighted by Gasteiger charge is -2.03. The molecular formula is C15H18N2O2. The average molecular weight is 258 g/mol. The van der Waals surface area contributed by atoms with E-state index in [9.17, 15) is 4.79 Å². The van der Waals surface area contributed by atoms with Gasteiger partial charge in [0.1, 0.15) is 5.69 Å². The van der Waals surface area contributed by atoms with Gasteiger partial charge in [0.05, 0.1) is 7.11 Å². The highest BCUT2D eigenvalue weighted by atomic mass is 16.5. The van der Waals surface area contributed by atoms with E-state index in [-0.39, 0.29) is 5.97 Å². The van der Waals surface area contributed by atoms with E-state index in [4.69, 9.17) is 0 Å². The molecule has 1 aromatic heterocycles. The van der Waals surface area contributed by atoms with Gasteiger partial charge in [-0.05, 0) is 30.7 Å². The van der Waals surface area contributed by atoms with Gasteiger partial charge in [0, 0.05) is 12.2 Å². The zero-order chi connectivity index (χ0) is 13.5. The van der Waals surface area contributed by atoms with Gasteiger partial charge < -0.3 is 15.0 Å². The van der Waals surface area contributed by atoms with E-state index in [0.29, 0.717) is 12.2 Å². The molecule has 2 aromatic rings. The Morgan fingerprint density at radius 3 is 2.74 bits per heavy atom. The first-order valence-electron chi connectivity index (χ1n) is 6.30. The summed E-state index contributed by atoms with van der Waals surface area (Å²) in [5, 5.41) is 3.34. The number of hydrogen-bond acceptors (Lipinski definition) is 3. The molecule has 0 saturated carbocycles. The summed E-state index contributed by atoms with van der Waals surface area (Å²) in [5.41, 5.74) is 2.78. The number of ether oxygens (including phenoxy) is 1. The Kier molecular flexibility index (Phi) is 4.75. The molecule has 1 aromatic carbocycles. The third-order valence-electron chi connectivity index (χ3n) is 2.90. The van der Waals surface area contributed by atoms with Gasteiger partial charge in [0.2, 0.25) is 0 Å². The van der Waals surface area contributed by atoms with Crippen molar-refractivity contribution < 1.29 is 9.53 Å². The molecule has 1 heterocycles. The van der Waals surface area contributed by atoms with Crippen LogP contribution in [0.25, 0.3) is 0 Å². The number of aromatic amines is 1. The maximum atomic E-state index is 11.3. The lowest BCUT2D eigenvalue weighted by molar-refractivity contribution is 0.0594. The van der Waals surface area contributed by atoms with E-state index in [2.05, 4.69) is 27.2 Å². The van der Waals surface area contributed by atoms with Crippen LogP contribution in [0.4, 0.5) is 0 Å². The number of hydrogen-bond donors (Lipinski definition) is 2. The van der Waals surface area contributed by atoms with Crippen molar-refractivity contribution in [1.82, 2.24) is 10.3 Å². The fourth-order valence-corrected chi connectivity index (χ4v) is 1.87. The van der Waals surface area contributed by atoms with Crippen molar-refractivity contribution in [3.05, 3.63) is 59.4 Å². The summed E-state index contributed by atoms with van der Waals surface area (Å²) >= 11 is 0. The molecule has 0 saturated heterocycles. The molecule has 4 heteroatoms.